The van der Waals surface area contributed by atoms with Crippen LogP contribution in [0.2, 0.25) is 0 Å². The van der Waals surface area contributed by atoms with Crippen molar-refractivity contribution < 1.29 is 27.9 Å². The Bertz CT molecular complexity index is 360. The summed E-state index contributed by atoms with van der Waals surface area (Å²) in [6, 6.07) is -0.606. The van der Waals surface area contributed by atoms with Gasteiger partial charge in [0.05, 0.1) is 12.3 Å². The van der Waals surface area contributed by atoms with E-state index in [4.69, 9.17) is 5.11 Å². The molecule has 0 aromatic rings. The third kappa shape index (κ3) is 5.26. The molecule has 2 N–H and O–H groups in total. The maximum absolute atomic E-state index is 12.0. The standard InChI is InChI=1S/C12H19F3N2O3/c1-17(6-5-12(13,14)15)11(20)16-7-8-3-2-4-9(8)10(18)19/h8-9H,2-7H2,1H3,(H,16,20)(H,18,19). The van der Waals surface area contributed by atoms with Gasteiger partial charge < -0.3 is 15.3 Å². The van der Waals surface area contributed by atoms with Crippen molar-refractivity contribution in [1.82, 2.24) is 10.2 Å². The minimum atomic E-state index is -4.30. The van der Waals surface area contributed by atoms with E-state index in [1.54, 1.807) is 0 Å². The molecule has 0 radical (unpaired) electrons. The average molecular weight is 296 g/mol. The molecule has 1 fully saturated rings. The largest absolute Gasteiger partial charge is 0.481 e. The van der Waals surface area contributed by atoms with E-state index < -0.39 is 37.1 Å². The van der Waals surface area contributed by atoms with E-state index in [-0.39, 0.29) is 12.5 Å². The van der Waals surface area contributed by atoms with Gasteiger partial charge in [-0.2, -0.15) is 13.2 Å². The zero-order valence-corrected chi connectivity index (χ0v) is 11.2. The Hall–Kier alpha value is -1.47. The molecule has 8 heteroatoms. The first-order valence-electron chi connectivity index (χ1n) is 6.49. The summed E-state index contributed by atoms with van der Waals surface area (Å²) >= 11 is 0. The lowest BCUT2D eigenvalue weighted by atomic mass is 9.96. The van der Waals surface area contributed by atoms with Gasteiger partial charge in [-0.25, -0.2) is 4.79 Å². The molecule has 20 heavy (non-hydrogen) atoms. The fourth-order valence-corrected chi connectivity index (χ4v) is 2.36. The zero-order valence-electron chi connectivity index (χ0n) is 11.2. The Morgan fingerprint density at radius 1 is 1.35 bits per heavy atom. The van der Waals surface area contributed by atoms with Gasteiger partial charge in [0.1, 0.15) is 0 Å². The molecule has 0 aliphatic heterocycles. The number of alkyl halides is 3. The van der Waals surface area contributed by atoms with E-state index in [9.17, 15) is 22.8 Å². The van der Waals surface area contributed by atoms with E-state index in [0.29, 0.717) is 12.8 Å². The number of halogens is 3. The van der Waals surface area contributed by atoms with Crippen molar-refractivity contribution in [2.75, 3.05) is 20.1 Å². The lowest BCUT2D eigenvalue weighted by molar-refractivity contribution is -0.143. The number of aliphatic carboxylic acids is 1. The molecule has 2 atom stereocenters. The highest BCUT2D eigenvalue weighted by molar-refractivity contribution is 5.74. The van der Waals surface area contributed by atoms with Crippen LogP contribution >= 0.6 is 0 Å². The average Bonchev–Trinajstić information content (AvgIpc) is 2.80. The van der Waals surface area contributed by atoms with Gasteiger partial charge in [0.15, 0.2) is 0 Å². The third-order valence-corrected chi connectivity index (χ3v) is 3.57. The van der Waals surface area contributed by atoms with Crippen molar-refractivity contribution >= 4 is 12.0 Å². The molecule has 0 spiro atoms. The van der Waals surface area contributed by atoms with Crippen molar-refractivity contribution in [1.29, 1.82) is 0 Å². The number of carbonyl (C=O) groups excluding carboxylic acids is 1. The minimum absolute atomic E-state index is 0.146. The summed E-state index contributed by atoms with van der Waals surface area (Å²) < 4.78 is 36.1. The predicted molar refractivity (Wildman–Crippen MR) is 65.2 cm³/mol. The van der Waals surface area contributed by atoms with Crippen LogP contribution in [-0.4, -0.2) is 48.3 Å². The second-order valence-electron chi connectivity index (χ2n) is 5.11. The lowest BCUT2D eigenvalue weighted by Crippen LogP contribution is -2.42. The van der Waals surface area contributed by atoms with E-state index >= 15 is 0 Å². The van der Waals surface area contributed by atoms with Crippen LogP contribution in [0, 0.1) is 11.8 Å². The molecule has 2 amide bonds. The molecule has 2 unspecified atom stereocenters. The Balaban J connectivity index is 2.33. The number of nitrogens with one attached hydrogen (secondary N) is 1. The van der Waals surface area contributed by atoms with Gasteiger partial charge in [-0.3, -0.25) is 4.79 Å². The van der Waals surface area contributed by atoms with Crippen LogP contribution in [0.5, 0.6) is 0 Å². The highest BCUT2D eigenvalue weighted by Gasteiger charge is 2.33. The van der Waals surface area contributed by atoms with Crippen molar-refractivity contribution in [3.05, 3.63) is 0 Å². The fourth-order valence-electron chi connectivity index (χ4n) is 2.36. The molecule has 0 aromatic carbocycles. The Morgan fingerprint density at radius 2 is 2.00 bits per heavy atom. The first-order valence-corrected chi connectivity index (χ1v) is 6.49. The number of nitrogens with zero attached hydrogens (tertiary/aromatic N) is 1. The smallest absolute Gasteiger partial charge is 0.390 e. The quantitative estimate of drug-likeness (QED) is 0.816. The molecule has 5 nitrogen and oxygen atoms in total. The first-order chi connectivity index (χ1) is 9.20. The number of carbonyl (C=O) groups is 2. The van der Waals surface area contributed by atoms with E-state index in [0.717, 1.165) is 11.3 Å². The van der Waals surface area contributed by atoms with E-state index in [1.165, 1.54) is 7.05 Å². The number of rotatable bonds is 5. The van der Waals surface area contributed by atoms with Gasteiger partial charge in [0.2, 0.25) is 0 Å². The topological polar surface area (TPSA) is 69.6 Å². The van der Waals surface area contributed by atoms with Crippen LogP contribution in [0.3, 0.4) is 0 Å². The maximum Gasteiger partial charge on any atom is 0.390 e. The number of amides is 2. The molecule has 0 bridgehead atoms. The number of hydrogen-bond acceptors (Lipinski definition) is 2. The molecule has 0 heterocycles. The van der Waals surface area contributed by atoms with Crippen LogP contribution in [-0.2, 0) is 4.79 Å². The van der Waals surface area contributed by atoms with Gasteiger partial charge in [-0.05, 0) is 18.8 Å². The van der Waals surface area contributed by atoms with Gasteiger partial charge in [0, 0.05) is 20.1 Å². The van der Waals surface area contributed by atoms with Crippen molar-refractivity contribution in [3.8, 4) is 0 Å². The summed E-state index contributed by atoms with van der Waals surface area (Å²) in [5.41, 5.74) is 0. The fraction of sp³-hybridized carbons (Fsp3) is 0.833. The summed E-state index contributed by atoms with van der Waals surface area (Å²) in [6.45, 7) is -0.228. The molecule has 1 aliphatic carbocycles. The van der Waals surface area contributed by atoms with Crippen LogP contribution in [0.25, 0.3) is 0 Å². The maximum atomic E-state index is 12.0. The first kappa shape index (κ1) is 16.6. The molecular formula is C12H19F3N2O3. The summed E-state index contributed by atoms with van der Waals surface area (Å²) in [7, 11) is 1.28. The second kappa shape index (κ2) is 6.81. The zero-order chi connectivity index (χ0) is 15.3. The van der Waals surface area contributed by atoms with E-state index in [2.05, 4.69) is 5.32 Å². The Kier molecular flexibility index (Phi) is 5.64. The molecule has 0 saturated heterocycles. The van der Waals surface area contributed by atoms with Gasteiger partial charge in [-0.1, -0.05) is 6.42 Å². The van der Waals surface area contributed by atoms with Gasteiger partial charge in [-0.15, -0.1) is 0 Å². The van der Waals surface area contributed by atoms with Crippen LogP contribution in [0.1, 0.15) is 25.7 Å². The summed E-state index contributed by atoms with van der Waals surface area (Å²) in [4.78, 5) is 23.5. The molecule has 1 rings (SSSR count). The van der Waals surface area contributed by atoms with Crippen molar-refractivity contribution in [2.45, 2.75) is 31.9 Å². The molecule has 1 saturated carbocycles. The second-order valence-corrected chi connectivity index (χ2v) is 5.11. The summed E-state index contributed by atoms with van der Waals surface area (Å²) in [5, 5.41) is 11.5. The highest BCUT2D eigenvalue weighted by Crippen LogP contribution is 2.31. The van der Waals surface area contributed by atoms with Crippen molar-refractivity contribution in [3.63, 3.8) is 0 Å². The van der Waals surface area contributed by atoms with Gasteiger partial charge in [0.25, 0.3) is 0 Å². The van der Waals surface area contributed by atoms with Crippen LogP contribution in [0.4, 0.5) is 18.0 Å². The monoisotopic (exact) mass is 296 g/mol. The highest BCUT2D eigenvalue weighted by atomic mass is 19.4. The van der Waals surface area contributed by atoms with Crippen molar-refractivity contribution in [2.24, 2.45) is 11.8 Å². The van der Waals surface area contributed by atoms with Crippen LogP contribution < -0.4 is 5.32 Å². The Morgan fingerprint density at radius 3 is 2.55 bits per heavy atom. The Labute approximate surface area is 115 Å². The number of urea groups is 1. The van der Waals surface area contributed by atoms with Gasteiger partial charge >= 0.3 is 18.2 Å². The number of hydrogen-bond donors (Lipinski definition) is 2. The number of carboxylic acid groups (broad SMARTS) is 1. The molecule has 116 valence electrons. The predicted octanol–water partition coefficient (Wildman–Crippen LogP) is 2.08. The summed E-state index contributed by atoms with van der Waals surface area (Å²) in [6.07, 6.45) is -3.27. The molecule has 1 aliphatic rings. The molecule has 0 aromatic heterocycles. The molecular weight excluding hydrogens is 277 g/mol. The summed E-state index contributed by atoms with van der Waals surface area (Å²) in [5.74, 6) is -1.50. The third-order valence-electron chi connectivity index (χ3n) is 3.57. The van der Waals surface area contributed by atoms with E-state index in [1.807, 2.05) is 0 Å². The van der Waals surface area contributed by atoms with Crippen LogP contribution in [0.15, 0.2) is 0 Å². The lowest BCUT2D eigenvalue weighted by Gasteiger charge is -2.21. The number of carboxylic acids is 1. The minimum Gasteiger partial charge on any atom is -0.481 e. The SMILES string of the molecule is CN(CCC(F)(F)F)C(=O)NCC1CCCC1C(=O)O. The normalized spacial score (nSPS) is 22.6.